The number of nitrogens with one attached hydrogen (secondary N) is 1. The van der Waals surface area contributed by atoms with Crippen LogP contribution in [-0.2, 0) is 0 Å². The highest BCUT2D eigenvalue weighted by molar-refractivity contribution is 5.82. The van der Waals surface area contributed by atoms with Gasteiger partial charge >= 0.3 is 0 Å². The minimum atomic E-state index is -0.0812. The summed E-state index contributed by atoms with van der Waals surface area (Å²) in [7, 11) is 0. The Morgan fingerprint density at radius 1 is 1.31 bits per heavy atom. The van der Waals surface area contributed by atoms with Crippen molar-refractivity contribution < 1.29 is 0 Å². The Bertz CT molecular complexity index is 405. The number of hydrogen-bond donors (Lipinski definition) is 3. The Hall–Kier alpha value is -1.32. The zero-order chi connectivity index (χ0) is 9.26. The maximum atomic E-state index is 5.87. The molecule has 5 N–H and O–H groups in total. The number of fused-ring (bicyclic) bond motifs is 1. The van der Waals surface area contributed by atoms with Crippen molar-refractivity contribution in [2.24, 2.45) is 11.5 Å². The Balaban J connectivity index is 2.60. The van der Waals surface area contributed by atoms with E-state index in [2.05, 4.69) is 11.1 Å². The SMILES string of the molecule is NC[C@H](N)c1cccc2cc[nH]c12. The summed E-state index contributed by atoms with van der Waals surface area (Å²) in [4.78, 5) is 3.17. The number of aromatic nitrogens is 1. The van der Waals surface area contributed by atoms with Gasteiger partial charge in [-0.2, -0.15) is 0 Å². The summed E-state index contributed by atoms with van der Waals surface area (Å²) in [6, 6.07) is 8.01. The van der Waals surface area contributed by atoms with Gasteiger partial charge in [0.05, 0.1) is 5.52 Å². The molecule has 3 nitrogen and oxygen atoms in total. The molecule has 0 bridgehead atoms. The summed E-state index contributed by atoms with van der Waals surface area (Å²) in [6.07, 6.45) is 1.91. The van der Waals surface area contributed by atoms with Crippen molar-refractivity contribution in [3.63, 3.8) is 0 Å². The van der Waals surface area contributed by atoms with Crippen LogP contribution in [0.3, 0.4) is 0 Å². The fourth-order valence-corrected chi connectivity index (χ4v) is 1.55. The lowest BCUT2D eigenvalue weighted by molar-refractivity contribution is 0.742. The minimum absolute atomic E-state index is 0.0812. The number of hydrogen-bond acceptors (Lipinski definition) is 2. The third-order valence-electron chi connectivity index (χ3n) is 2.27. The van der Waals surface area contributed by atoms with Crippen molar-refractivity contribution >= 4 is 10.9 Å². The molecule has 1 aromatic heterocycles. The lowest BCUT2D eigenvalue weighted by Gasteiger charge is -2.09. The molecule has 0 spiro atoms. The van der Waals surface area contributed by atoms with E-state index in [1.807, 2.05) is 24.4 Å². The predicted octanol–water partition coefficient (Wildman–Crippen LogP) is 1.13. The number of rotatable bonds is 2. The van der Waals surface area contributed by atoms with E-state index in [0.29, 0.717) is 6.54 Å². The largest absolute Gasteiger partial charge is 0.361 e. The molecule has 0 aliphatic carbocycles. The van der Waals surface area contributed by atoms with E-state index in [1.165, 1.54) is 5.39 Å². The maximum Gasteiger partial charge on any atom is 0.0502 e. The summed E-state index contributed by atoms with van der Waals surface area (Å²) >= 11 is 0. The molecule has 0 aliphatic heterocycles. The maximum absolute atomic E-state index is 5.87. The van der Waals surface area contributed by atoms with E-state index in [9.17, 15) is 0 Å². The van der Waals surface area contributed by atoms with Crippen molar-refractivity contribution in [1.82, 2.24) is 4.98 Å². The summed E-state index contributed by atoms with van der Waals surface area (Å²) in [6.45, 7) is 0.470. The van der Waals surface area contributed by atoms with Gasteiger partial charge in [0.2, 0.25) is 0 Å². The molecule has 2 rings (SSSR count). The van der Waals surface area contributed by atoms with Crippen molar-refractivity contribution in [2.75, 3.05) is 6.54 Å². The first kappa shape index (κ1) is 8.29. The van der Waals surface area contributed by atoms with Gasteiger partial charge in [0.25, 0.3) is 0 Å². The first-order valence-electron chi connectivity index (χ1n) is 4.34. The van der Waals surface area contributed by atoms with Crippen molar-refractivity contribution in [3.05, 3.63) is 36.0 Å². The van der Waals surface area contributed by atoms with Crippen LogP contribution in [0.5, 0.6) is 0 Å². The minimum Gasteiger partial charge on any atom is -0.361 e. The normalized spacial score (nSPS) is 13.4. The second-order valence-electron chi connectivity index (χ2n) is 3.13. The molecule has 0 saturated heterocycles. The summed E-state index contributed by atoms with van der Waals surface area (Å²) in [5.74, 6) is 0. The third kappa shape index (κ3) is 1.32. The van der Waals surface area contributed by atoms with Crippen LogP contribution in [0.4, 0.5) is 0 Å². The fraction of sp³-hybridized carbons (Fsp3) is 0.200. The van der Waals surface area contributed by atoms with E-state index in [4.69, 9.17) is 11.5 Å². The molecule has 1 aromatic carbocycles. The average molecular weight is 175 g/mol. The van der Waals surface area contributed by atoms with E-state index < -0.39 is 0 Å². The Morgan fingerprint density at radius 2 is 2.15 bits per heavy atom. The van der Waals surface area contributed by atoms with Crippen LogP contribution in [0, 0.1) is 0 Å². The molecule has 0 saturated carbocycles. The standard InChI is InChI=1S/C10H13N3/c11-6-9(12)8-3-1-2-7-4-5-13-10(7)8/h1-5,9,13H,6,11-12H2/t9-/m0/s1. The molecule has 68 valence electrons. The summed E-state index contributed by atoms with van der Waals surface area (Å²) in [5.41, 5.74) is 13.6. The lowest BCUT2D eigenvalue weighted by atomic mass is 10.1. The summed E-state index contributed by atoms with van der Waals surface area (Å²) < 4.78 is 0. The summed E-state index contributed by atoms with van der Waals surface area (Å²) in [5, 5.41) is 1.18. The number of aromatic amines is 1. The second kappa shape index (κ2) is 3.20. The van der Waals surface area contributed by atoms with Gasteiger partial charge in [0, 0.05) is 18.8 Å². The zero-order valence-corrected chi connectivity index (χ0v) is 7.33. The smallest absolute Gasteiger partial charge is 0.0502 e. The number of H-pyrrole nitrogens is 1. The molecule has 13 heavy (non-hydrogen) atoms. The van der Waals surface area contributed by atoms with Gasteiger partial charge in [-0.05, 0) is 17.0 Å². The Morgan fingerprint density at radius 3 is 2.92 bits per heavy atom. The Labute approximate surface area is 76.7 Å². The fourth-order valence-electron chi connectivity index (χ4n) is 1.55. The van der Waals surface area contributed by atoms with Crippen LogP contribution in [-0.4, -0.2) is 11.5 Å². The van der Waals surface area contributed by atoms with Crippen molar-refractivity contribution in [1.29, 1.82) is 0 Å². The average Bonchev–Trinajstić information content (AvgIpc) is 2.63. The molecule has 2 aromatic rings. The highest BCUT2D eigenvalue weighted by atomic mass is 14.7. The van der Waals surface area contributed by atoms with Gasteiger partial charge in [-0.15, -0.1) is 0 Å². The van der Waals surface area contributed by atoms with Crippen LogP contribution in [0.15, 0.2) is 30.5 Å². The van der Waals surface area contributed by atoms with Crippen LogP contribution >= 0.6 is 0 Å². The van der Waals surface area contributed by atoms with E-state index in [1.54, 1.807) is 0 Å². The van der Waals surface area contributed by atoms with E-state index in [-0.39, 0.29) is 6.04 Å². The molecule has 0 amide bonds. The van der Waals surface area contributed by atoms with Gasteiger partial charge in [-0.25, -0.2) is 0 Å². The van der Waals surface area contributed by atoms with E-state index >= 15 is 0 Å². The van der Waals surface area contributed by atoms with Gasteiger partial charge in [0.15, 0.2) is 0 Å². The number of benzene rings is 1. The molecular formula is C10H13N3. The molecule has 1 heterocycles. The second-order valence-corrected chi connectivity index (χ2v) is 3.13. The quantitative estimate of drug-likeness (QED) is 0.640. The molecule has 3 heteroatoms. The number of para-hydroxylation sites is 1. The highest BCUT2D eigenvalue weighted by Crippen LogP contribution is 2.20. The zero-order valence-electron chi connectivity index (χ0n) is 7.33. The van der Waals surface area contributed by atoms with Gasteiger partial charge in [-0.3, -0.25) is 0 Å². The van der Waals surface area contributed by atoms with Gasteiger partial charge in [-0.1, -0.05) is 18.2 Å². The first-order chi connectivity index (χ1) is 6.33. The first-order valence-corrected chi connectivity index (χ1v) is 4.34. The monoisotopic (exact) mass is 175 g/mol. The Kier molecular flexibility index (Phi) is 2.04. The van der Waals surface area contributed by atoms with Gasteiger partial charge < -0.3 is 16.5 Å². The van der Waals surface area contributed by atoms with Crippen LogP contribution < -0.4 is 11.5 Å². The third-order valence-corrected chi connectivity index (χ3v) is 2.27. The van der Waals surface area contributed by atoms with Gasteiger partial charge in [0.1, 0.15) is 0 Å². The van der Waals surface area contributed by atoms with Crippen molar-refractivity contribution in [2.45, 2.75) is 6.04 Å². The lowest BCUT2D eigenvalue weighted by Crippen LogP contribution is -2.20. The number of nitrogens with two attached hydrogens (primary N) is 2. The van der Waals surface area contributed by atoms with Crippen molar-refractivity contribution in [3.8, 4) is 0 Å². The van der Waals surface area contributed by atoms with E-state index in [0.717, 1.165) is 11.1 Å². The molecule has 0 radical (unpaired) electrons. The van der Waals surface area contributed by atoms with Crippen LogP contribution in [0.1, 0.15) is 11.6 Å². The highest BCUT2D eigenvalue weighted by Gasteiger charge is 2.07. The topological polar surface area (TPSA) is 67.8 Å². The molecule has 0 fully saturated rings. The van der Waals surface area contributed by atoms with Crippen LogP contribution in [0.25, 0.3) is 10.9 Å². The molecule has 1 atom stereocenters. The molecule has 0 unspecified atom stereocenters. The molecule has 0 aliphatic rings. The predicted molar refractivity (Wildman–Crippen MR) is 54.3 cm³/mol. The molecular weight excluding hydrogens is 162 g/mol. The van der Waals surface area contributed by atoms with Crippen LogP contribution in [0.2, 0.25) is 0 Å².